The van der Waals surface area contributed by atoms with Crippen molar-refractivity contribution in [3.05, 3.63) is 58.0 Å². The number of nitrogens with zero attached hydrogens (tertiary/aromatic N) is 3. The topological polar surface area (TPSA) is 74.1 Å². The van der Waals surface area contributed by atoms with E-state index in [2.05, 4.69) is 29.0 Å². The zero-order chi connectivity index (χ0) is 19.9. The Kier molecular flexibility index (Phi) is 7.00. The van der Waals surface area contributed by atoms with Crippen molar-refractivity contribution >= 4 is 39.3 Å². The molecule has 0 amide bonds. The highest BCUT2D eigenvalue weighted by Gasteiger charge is 2.18. The monoisotopic (exact) mass is 415 g/mol. The SMILES string of the molecule is CC/C=C\Cc1csc2nc(SCC(=O)OCC)n(-c3cccnc3)c(=O)c12. The molecule has 3 rings (SSSR count). The molecule has 0 saturated heterocycles. The fraction of sp³-hybridized carbons (Fsp3) is 0.300. The summed E-state index contributed by atoms with van der Waals surface area (Å²) in [5.41, 5.74) is 1.43. The standard InChI is InChI=1S/C20H21N3O3S2/c1-3-5-6-8-14-12-27-18-17(14)19(25)23(15-9-7-10-21-11-15)20(22-18)28-13-16(24)26-4-2/h5-7,9-12H,3-4,8,13H2,1-2H3/b6-5-. The first kappa shape index (κ1) is 20.3. The molecular weight excluding hydrogens is 394 g/mol. The number of hydrogen-bond donors (Lipinski definition) is 0. The Morgan fingerprint density at radius 2 is 2.21 bits per heavy atom. The third-order valence-electron chi connectivity index (χ3n) is 3.92. The highest BCUT2D eigenvalue weighted by Crippen LogP contribution is 2.27. The number of ether oxygens (including phenoxy) is 1. The summed E-state index contributed by atoms with van der Waals surface area (Å²) in [4.78, 5) is 34.6. The lowest BCUT2D eigenvalue weighted by Crippen LogP contribution is -2.22. The Balaban J connectivity index is 2.10. The van der Waals surface area contributed by atoms with Crippen molar-refractivity contribution in [2.75, 3.05) is 12.4 Å². The van der Waals surface area contributed by atoms with Crippen LogP contribution < -0.4 is 5.56 Å². The Labute approximate surface area is 171 Å². The summed E-state index contributed by atoms with van der Waals surface area (Å²) < 4.78 is 6.52. The second kappa shape index (κ2) is 9.66. The maximum atomic E-state index is 13.4. The van der Waals surface area contributed by atoms with Crippen LogP contribution in [0.2, 0.25) is 0 Å². The molecule has 0 N–H and O–H groups in total. The fourth-order valence-electron chi connectivity index (χ4n) is 2.69. The first-order valence-corrected chi connectivity index (χ1v) is 10.9. The highest BCUT2D eigenvalue weighted by molar-refractivity contribution is 7.99. The third kappa shape index (κ3) is 4.51. The Bertz CT molecular complexity index is 1040. The molecule has 0 bridgehead atoms. The molecule has 3 aromatic heterocycles. The number of aromatic nitrogens is 3. The number of thiophene rings is 1. The second-order valence-corrected chi connectivity index (χ2v) is 7.67. The number of fused-ring (bicyclic) bond motifs is 1. The lowest BCUT2D eigenvalue weighted by Gasteiger charge is -2.11. The number of hydrogen-bond acceptors (Lipinski definition) is 7. The first-order valence-electron chi connectivity index (χ1n) is 9.02. The molecule has 3 aromatic rings. The van der Waals surface area contributed by atoms with Gasteiger partial charge in [-0.15, -0.1) is 11.3 Å². The van der Waals surface area contributed by atoms with Crippen LogP contribution >= 0.6 is 23.1 Å². The molecule has 28 heavy (non-hydrogen) atoms. The van der Waals surface area contributed by atoms with Crippen molar-refractivity contribution < 1.29 is 9.53 Å². The maximum absolute atomic E-state index is 13.4. The molecule has 0 spiro atoms. The molecule has 0 saturated carbocycles. The van der Waals surface area contributed by atoms with Crippen molar-refractivity contribution in [3.8, 4) is 5.69 Å². The van der Waals surface area contributed by atoms with E-state index in [1.165, 1.54) is 27.7 Å². The van der Waals surface area contributed by atoms with Crippen LogP contribution in [0.3, 0.4) is 0 Å². The van der Waals surface area contributed by atoms with E-state index in [1.807, 2.05) is 5.38 Å². The van der Waals surface area contributed by atoms with Gasteiger partial charge in [-0.3, -0.25) is 19.1 Å². The van der Waals surface area contributed by atoms with Crippen molar-refractivity contribution in [1.29, 1.82) is 0 Å². The van der Waals surface area contributed by atoms with Crippen molar-refractivity contribution in [3.63, 3.8) is 0 Å². The summed E-state index contributed by atoms with van der Waals surface area (Å²) in [7, 11) is 0. The van der Waals surface area contributed by atoms with Gasteiger partial charge in [-0.1, -0.05) is 30.8 Å². The van der Waals surface area contributed by atoms with E-state index in [0.717, 1.165) is 12.0 Å². The van der Waals surface area contributed by atoms with E-state index in [-0.39, 0.29) is 17.3 Å². The Hall–Kier alpha value is -2.45. The number of allylic oxidation sites excluding steroid dienone is 2. The number of rotatable bonds is 8. The number of pyridine rings is 1. The zero-order valence-electron chi connectivity index (χ0n) is 15.8. The van der Waals surface area contributed by atoms with Gasteiger partial charge in [-0.25, -0.2) is 4.98 Å². The quantitative estimate of drug-likeness (QED) is 0.240. The van der Waals surface area contributed by atoms with Crippen LogP contribution in [-0.2, 0) is 16.0 Å². The Morgan fingerprint density at radius 1 is 1.36 bits per heavy atom. The summed E-state index contributed by atoms with van der Waals surface area (Å²) in [6, 6.07) is 3.57. The number of esters is 1. The molecule has 6 nitrogen and oxygen atoms in total. The van der Waals surface area contributed by atoms with Crippen LogP contribution in [0.4, 0.5) is 0 Å². The van der Waals surface area contributed by atoms with Gasteiger partial charge < -0.3 is 4.74 Å². The van der Waals surface area contributed by atoms with Crippen LogP contribution in [0.1, 0.15) is 25.8 Å². The predicted molar refractivity (Wildman–Crippen MR) is 114 cm³/mol. The van der Waals surface area contributed by atoms with Crippen LogP contribution in [0.15, 0.2) is 52.0 Å². The molecule has 0 atom stereocenters. The molecule has 0 unspecified atom stereocenters. The molecule has 8 heteroatoms. The van der Waals surface area contributed by atoms with Gasteiger partial charge in [0.25, 0.3) is 5.56 Å². The zero-order valence-corrected chi connectivity index (χ0v) is 17.4. The lowest BCUT2D eigenvalue weighted by atomic mass is 10.1. The average molecular weight is 416 g/mol. The smallest absolute Gasteiger partial charge is 0.316 e. The van der Waals surface area contributed by atoms with Gasteiger partial charge in [0, 0.05) is 6.20 Å². The van der Waals surface area contributed by atoms with Crippen LogP contribution in [0.5, 0.6) is 0 Å². The van der Waals surface area contributed by atoms with Crippen LogP contribution in [0, 0.1) is 0 Å². The molecule has 0 fully saturated rings. The molecule has 0 radical (unpaired) electrons. The van der Waals surface area contributed by atoms with Crippen molar-refractivity contribution in [2.45, 2.75) is 31.8 Å². The van der Waals surface area contributed by atoms with E-state index >= 15 is 0 Å². The molecule has 0 aliphatic heterocycles. The van der Waals surface area contributed by atoms with Crippen molar-refractivity contribution in [1.82, 2.24) is 14.5 Å². The van der Waals surface area contributed by atoms with Crippen LogP contribution in [0.25, 0.3) is 15.9 Å². The molecule has 0 aliphatic carbocycles. The summed E-state index contributed by atoms with van der Waals surface area (Å²) in [5.74, 6) is -0.250. The number of thioether (sulfide) groups is 1. The lowest BCUT2D eigenvalue weighted by molar-refractivity contribution is -0.139. The van der Waals surface area contributed by atoms with E-state index in [1.54, 1.807) is 31.5 Å². The second-order valence-electron chi connectivity index (χ2n) is 5.86. The van der Waals surface area contributed by atoms with Gasteiger partial charge in [-0.2, -0.15) is 0 Å². The average Bonchev–Trinajstić information content (AvgIpc) is 3.11. The molecule has 146 valence electrons. The number of carbonyl (C=O) groups excluding carboxylic acids is 1. The highest BCUT2D eigenvalue weighted by atomic mass is 32.2. The van der Waals surface area contributed by atoms with Gasteiger partial charge in [0.1, 0.15) is 4.83 Å². The van der Waals surface area contributed by atoms with E-state index in [4.69, 9.17) is 4.74 Å². The normalized spacial score (nSPS) is 11.4. The predicted octanol–water partition coefficient (Wildman–Crippen LogP) is 4.01. The van der Waals surface area contributed by atoms with Crippen LogP contribution in [-0.4, -0.2) is 32.9 Å². The maximum Gasteiger partial charge on any atom is 0.316 e. The largest absolute Gasteiger partial charge is 0.465 e. The van der Waals surface area contributed by atoms with Gasteiger partial charge in [0.2, 0.25) is 0 Å². The summed E-state index contributed by atoms with van der Waals surface area (Å²) >= 11 is 2.64. The minimum Gasteiger partial charge on any atom is -0.465 e. The first-order chi connectivity index (χ1) is 13.7. The van der Waals surface area contributed by atoms with E-state index in [0.29, 0.717) is 34.1 Å². The molecule has 0 aliphatic rings. The van der Waals surface area contributed by atoms with E-state index in [9.17, 15) is 9.59 Å². The minimum atomic E-state index is -0.337. The van der Waals surface area contributed by atoms with Gasteiger partial charge in [-0.05, 0) is 42.8 Å². The Morgan fingerprint density at radius 3 is 2.93 bits per heavy atom. The van der Waals surface area contributed by atoms with Gasteiger partial charge in [0.05, 0.1) is 29.6 Å². The minimum absolute atomic E-state index is 0.0868. The third-order valence-corrected chi connectivity index (χ3v) is 5.76. The summed E-state index contributed by atoms with van der Waals surface area (Å²) in [6.07, 6.45) is 9.06. The fourth-order valence-corrected chi connectivity index (χ4v) is 4.50. The summed E-state index contributed by atoms with van der Waals surface area (Å²) in [6.45, 7) is 4.16. The van der Waals surface area contributed by atoms with E-state index < -0.39 is 0 Å². The number of carbonyl (C=O) groups is 1. The van der Waals surface area contributed by atoms with Gasteiger partial charge in [0.15, 0.2) is 5.16 Å². The molecule has 0 aromatic carbocycles. The molecule has 3 heterocycles. The molecular formula is C20H21N3O3S2. The van der Waals surface area contributed by atoms with Crippen molar-refractivity contribution in [2.24, 2.45) is 0 Å². The summed E-state index contributed by atoms with van der Waals surface area (Å²) in [5, 5.41) is 3.05. The van der Waals surface area contributed by atoms with Gasteiger partial charge >= 0.3 is 5.97 Å².